The number of hydrogen-bond acceptors (Lipinski definition) is 5. The Kier molecular flexibility index (Phi) is 3.36. The second-order valence-corrected chi connectivity index (χ2v) is 6.51. The Labute approximate surface area is 117 Å². The van der Waals surface area contributed by atoms with Gasteiger partial charge in [0, 0.05) is 29.1 Å². The summed E-state index contributed by atoms with van der Waals surface area (Å²) in [6.07, 6.45) is 4.79. The summed E-state index contributed by atoms with van der Waals surface area (Å²) in [4.78, 5) is 6.68. The van der Waals surface area contributed by atoms with E-state index in [4.69, 9.17) is 17.4 Å². The number of nitrogens with two attached hydrogens (primary N) is 1. The first-order valence-corrected chi connectivity index (χ1v) is 7.46. The zero-order chi connectivity index (χ0) is 12.5. The normalized spacial score (nSPS) is 13.2. The molecule has 0 fully saturated rings. The van der Waals surface area contributed by atoms with E-state index < -0.39 is 0 Å². The van der Waals surface area contributed by atoms with Crippen molar-refractivity contribution in [1.82, 2.24) is 14.8 Å². The molecule has 3 rings (SSSR count). The van der Waals surface area contributed by atoms with Gasteiger partial charge in [0.25, 0.3) is 0 Å². The maximum atomic E-state index is 5.94. The molecule has 1 atom stereocenters. The molecule has 0 bridgehead atoms. The number of nitrogens with one attached hydrogen (secondary N) is 1. The van der Waals surface area contributed by atoms with Crippen LogP contribution >= 0.6 is 34.3 Å². The lowest BCUT2D eigenvalue weighted by Gasteiger charge is -2.12. The Balaban J connectivity index is 1.83. The molecular weight excluding hydrogens is 288 g/mol. The Morgan fingerprint density at radius 1 is 1.50 bits per heavy atom. The Hall–Kier alpha value is -0.920. The van der Waals surface area contributed by atoms with E-state index in [1.807, 2.05) is 34.3 Å². The molecule has 0 aliphatic heterocycles. The van der Waals surface area contributed by atoms with Crippen LogP contribution in [0.1, 0.15) is 16.6 Å². The maximum Gasteiger partial charge on any atom is 0.193 e. The van der Waals surface area contributed by atoms with E-state index in [0.717, 1.165) is 26.3 Å². The SMILES string of the molecule is NNC(Cc1cn2ccsc2n1)c1ccc(Cl)s1. The van der Waals surface area contributed by atoms with Crippen LogP contribution in [0.2, 0.25) is 4.34 Å². The molecule has 3 aromatic heterocycles. The predicted octanol–water partition coefficient (Wildman–Crippen LogP) is 2.86. The fourth-order valence-corrected chi connectivity index (χ4v) is 3.68. The Morgan fingerprint density at radius 2 is 2.39 bits per heavy atom. The van der Waals surface area contributed by atoms with Crippen molar-refractivity contribution in [2.45, 2.75) is 12.5 Å². The molecule has 94 valence electrons. The molecule has 0 radical (unpaired) electrons. The van der Waals surface area contributed by atoms with E-state index in [1.54, 1.807) is 11.3 Å². The van der Waals surface area contributed by atoms with Gasteiger partial charge < -0.3 is 0 Å². The molecule has 0 aliphatic carbocycles. The first-order chi connectivity index (χ1) is 8.76. The molecule has 3 heterocycles. The van der Waals surface area contributed by atoms with E-state index >= 15 is 0 Å². The van der Waals surface area contributed by atoms with Gasteiger partial charge in [0.1, 0.15) is 0 Å². The minimum absolute atomic E-state index is 0.0482. The van der Waals surface area contributed by atoms with Crippen molar-refractivity contribution in [1.29, 1.82) is 0 Å². The second-order valence-electron chi connectivity index (χ2n) is 3.89. The van der Waals surface area contributed by atoms with Crippen LogP contribution in [0, 0.1) is 0 Å². The number of nitrogens with zero attached hydrogens (tertiary/aromatic N) is 2. The zero-order valence-electron chi connectivity index (χ0n) is 9.34. The molecule has 3 aromatic rings. The van der Waals surface area contributed by atoms with Crippen molar-refractivity contribution in [2.24, 2.45) is 5.84 Å². The first-order valence-electron chi connectivity index (χ1n) is 5.38. The topological polar surface area (TPSA) is 55.3 Å². The molecule has 4 nitrogen and oxygen atoms in total. The van der Waals surface area contributed by atoms with Crippen molar-refractivity contribution in [3.8, 4) is 0 Å². The lowest BCUT2D eigenvalue weighted by molar-refractivity contribution is 0.555. The van der Waals surface area contributed by atoms with Gasteiger partial charge in [-0.15, -0.1) is 22.7 Å². The number of thiazole rings is 1. The lowest BCUT2D eigenvalue weighted by Crippen LogP contribution is -2.29. The molecule has 0 saturated heterocycles. The van der Waals surface area contributed by atoms with E-state index in [-0.39, 0.29) is 6.04 Å². The molecule has 0 amide bonds. The molecule has 0 aliphatic rings. The van der Waals surface area contributed by atoms with E-state index in [2.05, 4.69) is 10.4 Å². The third kappa shape index (κ3) is 2.30. The predicted molar refractivity (Wildman–Crippen MR) is 76.2 cm³/mol. The summed E-state index contributed by atoms with van der Waals surface area (Å²) in [5.74, 6) is 5.61. The summed E-state index contributed by atoms with van der Waals surface area (Å²) in [6, 6.07) is 3.93. The zero-order valence-corrected chi connectivity index (χ0v) is 11.7. The highest BCUT2D eigenvalue weighted by molar-refractivity contribution is 7.16. The number of fused-ring (bicyclic) bond motifs is 1. The van der Waals surface area contributed by atoms with Crippen molar-refractivity contribution < 1.29 is 0 Å². The van der Waals surface area contributed by atoms with Gasteiger partial charge in [-0.25, -0.2) is 4.98 Å². The average Bonchev–Trinajstić information content (AvgIpc) is 3.00. The van der Waals surface area contributed by atoms with E-state index in [1.165, 1.54) is 11.3 Å². The van der Waals surface area contributed by atoms with E-state index in [9.17, 15) is 0 Å². The summed E-state index contributed by atoms with van der Waals surface area (Å²) in [7, 11) is 0. The summed E-state index contributed by atoms with van der Waals surface area (Å²) in [5.41, 5.74) is 3.85. The smallest absolute Gasteiger partial charge is 0.193 e. The van der Waals surface area contributed by atoms with Gasteiger partial charge >= 0.3 is 0 Å². The fourth-order valence-electron chi connectivity index (χ4n) is 1.84. The molecule has 7 heteroatoms. The molecule has 0 aromatic carbocycles. The van der Waals surface area contributed by atoms with Gasteiger partial charge in [-0.1, -0.05) is 11.6 Å². The Bertz CT molecular complexity index is 628. The quantitative estimate of drug-likeness (QED) is 0.575. The van der Waals surface area contributed by atoms with Crippen LogP contribution < -0.4 is 11.3 Å². The van der Waals surface area contributed by atoms with Crippen molar-refractivity contribution in [3.63, 3.8) is 0 Å². The van der Waals surface area contributed by atoms with Gasteiger partial charge in [0.15, 0.2) is 4.96 Å². The van der Waals surface area contributed by atoms with Crippen LogP contribution in [-0.2, 0) is 6.42 Å². The molecular formula is C11H11ClN4S2. The van der Waals surface area contributed by atoms with Gasteiger partial charge in [0.2, 0.25) is 0 Å². The fraction of sp³-hybridized carbons (Fsp3) is 0.182. The van der Waals surface area contributed by atoms with Crippen LogP contribution in [-0.4, -0.2) is 9.38 Å². The molecule has 18 heavy (non-hydrogen) atoms. The minimum Gasteiger partial charge on any atom is -0.297 e. The maximum absolute atomic E-state index is 5.94. The number of halogens is 1. The highest BCUT2D eigenvalue weighted by Crippen LogP contribution is 2.28. The average molecular weight is 299 g/mol. The highest BCUT2D eigenvalue weighted by Gasteiger charge is 2.15. The second kappa shape index (κ2) is 4.99. The minimum atomic E-state index is 0.0482. The molecule has 0 saturated carbocycles. The number of hydrazine groups is 1. The molecule has 1 unspecified atom stereocenters. The summed E-state index contributed by atoms with van der Waals surface area (Å²) in [6.45, 7) is 0. The number of rotatable bonds is 4. The van der Waals surface area contributed by atoms with Crippen molar-refractivity contribution in [3.05, 3.63) is 44.8 Å². The van der Waals surface area contributed by atoms with Crippen LogP contribution in [0.3, 0.4) is 0 Å². The van der Waals surface area contributed by atoms with Crippen molar-refractivity contribution >= 4 is 39.2 Å². The van der Waals surface area contributed by atoms with Crippen LogP contribution in [0.5, 0.6) is 0 Å². The van der Waals surface area contributed by atoms with Crippen LogP contribution in [0.25, 0.3) is 4.96 Å². The number of thiophene rings is 1. The van der Waals surface area contributed by atoms with Gasteiger partial charge in [-0.3, -0.25) is 15.7 Å². The monoisotopic (exact) mass is 298 g/mol. The summed E-state index contributed by atoms with van der Waals surface area (Å²) < 4.78 is 2.80. The number of imidazole rings is 1. The van der Waals surface area contributed by atoms with Gasteiger partial charge in [0.05, 0.1) is 16.1 Å². The number of hydrogen-bond donors (Lipinski definition) is 2. The van der Waals surface area contributed by atoms with Gasteiger partial charge in [-0.2, -0.15) is 0 Å². The largest absolute Gasteiger partial charge is 0.297 e. The van der Waals surface area contributed by atoms with Crippen LogP contribution in [0.15, 0.2) is 29.9 Å². The van der Waals surface area contributed by atoms with Crippen molar-refractivity contribution in [2.75, 3.05) is 0 Å². The van der Waals surface area contributed by atoms with Gasteiger partial charge in [-0.05, 0) is 12.1 Å². The highest BCUT2D eigenvalue weighted by atomic mass is 35.5. The Morgan fingerprint density at radius 3 is 3.06 bits per heavy atom. The van der Waals surface area contributed by atoms with Crippen LogP contribution in [0.4, 0.5) is 0 Å². The van der Waals surface area contributed by atoms with E-state index in [0.29, 0.717) is 0 Å². The summed E-state index contributed by atoms with van der Waals surface area (Å²) >= 11 is 9.11. The third-order valence-corrected chi connectivity index (χ3v) is 4.81. The molecule has 0 spiro atoms. The third-order valence-electron chi connectivity index (χ3n) is 2.70. The molecule has 3 N–H and O–H groups in total. The number of aromatic nitrogens is 2. The lowest BCUT2D eigenvalue weighted by atomic mass is 10.1. The standard InChI is InChI=1S/C11H11ClN4S2/c12-10-2-1-9(18-10)8(15-13)5-7-6-16-3-4-17-11(16)14-7/h1-4,6,8,15H,5,13H2. The summed E-state index contributed by atoms with van der Waals surface area (Å²) in [5, 5.41) is 2.02. The first kappa shape index (κ1) is 12.1.